The Hall–Kier alpha value is -2.53. The summed E-state index contributed by atoms with van der Waals surface area (Å²) in [7, 11) is 0. The zero-order chi connectivity index (χ0) is 22.3. The van der Waals surface area contributed by atoms with Crippen LogP contribution in [0.5, 0.6) is 5.75 Å². The molecule has 0 radical (unpaired) electrons. The van der Waals surface area contributed by atoms with Crippen molar-refractivity contribution in [3.63, 3.8) is 0 Å². The van der Waals surface area contributed by atoms with Crippen LogP contribution in [-0.2, 0) is 16.1 Å². The Kier molecular flexibility index (Phi) is 8.72. The summed E-state index contributed by atoms with van der Waals surface area (Å²) in [5.41, 5.74) is 2.91. The van der Waals surface area contributed by atoms with Gasteiger partial charge in [0.05, 0.1) is 0 Å². The minimum absolute atomic E-state index is 0.139. The molecular formula is C24H31ClN2O3. The summed E-state index contributed by atoms with van der Waals surface area (Å²) in [6.45, 7) is 10.4. The molecule has 0 saturated heterocycles. The molecule has 5 nitrogen and oxygen atoms in total. The molecule has 0 aromatic heterocycles. The van der Waals surface area contributed by atoms with Crippen molar-refractivity contribution in [1.29, 1.82) is 0 Å². The Morgan fingerprint density at radius 2 is 1.73 bits per heavy atom. The number of carbonyl (C=O) groups excluding carboxylic acids is 2. The van der Waals surface area contributed by atoms with E-state index in [1.54, 1.807) is 24.0 Å². The van der Waals surface area contributed by atoms with Crippen LogP contribution >= 0.6 is 11.6 Å². The van der Waals surface area contributed by atoms with Gasteiger partial charge in [0, 0.05) is 18.1 Å². The van der Waals surface area contributed by atoms with Crippen LogP contribution in [0, 0.1) is 19.8 Å². The monoisotopic (exact) mass is 430 g/mol. The molecule has 0 aliphatic carbocycles. The van der Waals surface area contributed by atoms with E-state index < -0.39 is 6.04 Å². The number of hydrogen-bond acceptors (Lipinski definition) is 3. The zero-order valence-electron chi connectivity index (χ0n) is 18.4. The van der Waals surface area contributed by atoms with Crippen molar-refractivity contribution in [2.75, 3.05) is 13.2 Å². The molecule has 2 aromatic rings. The van der Waals surface area contributed by atoms with E-state index in [9.17, 15) is 9.59 Å². The molecule has 2 aromatic carbocycles. The summed E-state index contributed by atoms with van der Waals surface area (Å²) in [6, 6.07) is 12.5. The van der Waals surface area contributed by atoms with Crippen molar-refractivity contribution in [2.45, 2.75) is 47.2 Å². The van der Waals surface area contributed by atoms with Crippen LogP contribution in [0.2, 0.25) is 5.02 Å². The molecular weight excluding hydrogens is 400 g/mol. The summed E-state index contributed by atoms with van der Waals surface area (Å²) in [6.07, 6.45) is 0. The average Bonchev–Trinajstić information content (AvgIpc) is 2.71. The lowest BCUT2D eigenvalue weighted by atomic mass is 10.1. The molecule has 162 valence electrons. The summed E-state index contributed by atoms with van der Waals surface area (Å²) in [5, 5.41) is 3.53. The van der Waals surface area contributed by atoms with E-state index in [0.29, 0.717) is 29.8 Å². The van der Waals surface area contributed by atoms with Crippen LogP contribution in [0.1, 0.15) is 37.5 Å². The number of benzene rings is 2. The fraction of sp³-hybridized carbons (Fsp3) is 0.417. The smallest absolute Gasteiger partial charge is 0.261 e. The van der Waals surface area contributed by atoms with Gasteiger partial charge in [-0.2, -0.15) is 0 Å². The molecule has 0 heterocycles. The van der Waals surface area contributed by atoms with E-state index in [0.717, 1.165) is 16.7 Å². The lowest BCUT2D eigenvalue weighted by Crippen LogP contribution is -2.49. The molecule has 0 saturated carbocycles. The molecule has 0 aliphatic rings. The Morgan fingerprint density at radius 1 is 1.07 bits per heavy atom. The van der Waals surface area contributed by atoms with Crippen molar-refractivity contribution in [2.24, 2.45) is 5.92 Å². The summed E-state index contributed by atoms with van der Waals surface area (Å²) < 4.78 is 5.80. The van der Waals surface area contributed by atoms with Gasteiger partial charge in [0.1, 0.15) is 11.8 Å². The van der Waals surface area contributed by atoms with Gasteiger partial charge in [0.25, 0.3) is 5.91 Å². The maximum Gasteiger partial charge on any atom is 0.261 e. The quantitative estimate of drug-likeness (QED) is 0.636. The summed E-state index contributed by atoms with van der Waals surface area (Å²) >= 11 is 5.98. The molecule has 0 aliphatic heterocycles. The Bertz CT molecular complexity index is 865. The Balaban J connectivity index is 2.15. The van der Waals surface area contributed by atoms with Crippen LogP contribution in [0.4, 0.5) is 0 Å². The first-order valence-corrected chi connectivity index (χ1v) is 10.6. The number of nitrogens with zero attached hydrogens (tertiary/aromatic N) is 1. The number of nitrogens with one attached hydrogen (secondary N) is 1. The SMILES string of the molecule is Cc1ccc(C)c(OCC(=O)N(Cc2ccc(Cl)cc2)C(C)C(=O)NCC(C)C)c1. The van der Waals surface area contributed by atoms with E-state index in [2.05, 4.69) is 5.32 Å². The second kappa shape index (κ2) is 11.0. The molecule has 30 heavy (non-hydrogen) atoms. The van der Waals surface area contributed by atoms with Gasteiger partial charge in [0.15, 0.2) is 6.61 Å². The first kappa shape index (κ1) is 23.7. The number of ether oxygens (including phenoxy) is 1. The minimum atomic E-state index is -0.630. The third kappa shape index (κ3) is 7.06. The molecule has 0 spiro atoms. The number of carbonyl (C=O) groups is 2. The fourth-order valence-corrected chi connectivity index (χ4v) is 3.03. The predicted molar refractivity (Wildman–Crippen MR) is 121 cm³/mol. The second-order valence-electron chi connectivity index (χ2n) is 8.02. The van der Waals surface area contributed by atoms with Crippen LogP contribution < -0.4 is 10.1 Å². The number of halogens is 1. The highest BCUT2D eigenvalue weighted by molar-refractivity contribution is 6.30. The van der Waals surface area contributed by atoms with Crippen LogP contribution in [0.15, 0.2) is 42.5 Å². The molecule has 2 rings (SSSR count). The van der Waals surface area contributed by atoms with Gasteiger partial charge >= 0.3 is 0 Å². The van der Waals surface area contributed by atoms with Gasteiger partial charge in [0.2, 0.25) is 5.91 Å². The van der Waals surface area contributed by atoms with E-state index >= 15 is 0 Å². The molecule has 1 atom stereocenters. The lowest BCUT2D eigenvalue weighted by Gasteiger charge is -2.29. The van der Waals surface area contributed by atoms with E-state index in [4.69, 9.17) is 16.3 Å². The van der Waals surface area contributed by atoms with Crippen molar-refractivity contribution in [3.8, 4) is 5.75 Å². The van der Waals surface area contributed by atoms with Crippen LogP contribution in [-0.4, -0.2) is 35.9 Å². The maximum absolute atomic E-state index is 13.1. The minimum Gasteiger partial charge on any atom is -0.483 e. The number of rotatable bonds is 9. The maximum atomic E-state index is 13.1. The van der Waals surface area contributed by atoms with Crippen LogP contribution in [0.25, 0.3) is 0 Å². The molecule has 0 bridgehead atoms. The average molecular weight is 431 g/mol. The van der Waals surface area contributed by atoms with E-state index in [1.807, 2.05) is 58.0 Å². The van der Waals surface area contributed by atoms with Gasteiger partial charge in [-0.05, 0) is 61.6 Å². The van der Waals surface area contributed by atoms with Crippen molar-refractivity contribution in [1.82, 2.24) is 10.2 Å². The third-order valence-corrected chi connectivity index (χ3v) is 5.06. The third-order valence-electron chi connectivity index (χ3n) is 4.81. The molecule has 6 heteroatoms. The largest absolute Gasteiger partial charge is 0.483 e. The van der Waals surface area contributed by atoms with Gasteiger partial charge in [-0.3, -0.25) is 9.59 Å². The zero-order valence-corrected chi connectivity index (χ0v) is 19.1. The Morgan fingerprint density at radius 3 is 2.37 bits per heavy atom. The molecule has 1 N–H and O–H groups in total. The second-order valence-corrected chi connectivity index (χ2v) is 8.46. The van der Waals surface area contributed by atoms with Gasteiger partial charge in [-0.25, -0.2) is 0 Å². The van der Waals surface area contributed by atoms with Crippen LogP contribution in [0.3, 0.4) is 0 Å². The number of aryl methyl sites for hydroxylation is 2. The highest BCUT2D eigenvalue weighted by atomic mass is 35.5. The van der Waals surface area contributed by atoms with Crippen molar-refractivity contribution < 1.29 is 14.3 Å². The van der Waals surface area contributed by atoms with Crippen molar-refractivity contribution in [3.05, 3.63) is 64.2 Å². The molecule has 0 fully saturated rings. The molecule has 1 unspecified atom stereocenters. The standard InChI is InChI=1S/C24H31ClN2O3/c1-16(2)13-26-24(29)19(5)27(14-20-8-10-21(25)11-9-20)23(28)15-30-22-12-17(3)6-7-18(22)4/h6-12,16,19H,13-15H2,1-5H3,(H,26,29). The number of amides is 2. The Labute approximate surface area is 184 Å². The normalized spacial score (nSPS) is 11.8. The van der Waals surface area contributed by atoms with E-state index in [1.165, 1.54) is 0 Å². The number of hydrogen-bond donors (Lipinski definition) is 1. The summed E-state index contributed by atoms with van der Waals surface area (Å²) in [4.78, 5) is 27.3. The lowest BCUT2D eigenvalue weighted by molar-refractivity contribution is -0.142. The predicted octanol–water partition coefficient (Wildman–Crippen LogP) is 4.53. The molecule has 2 amide bonds. The summed E-state index contributed by atoms with van der Waals surface area (Å²) in [5.74, 6) is 0.566. The first-order valence-electron chi connectivity index (χ1n) is 10.2. The van der Waals surface area contributed by atoms with Gasteiger partial charge in [-0.15, -0.1) is 0 Å². The van der Waals surface area contributed by atoms with Gasteiger partial charge in [-0.1, -0.05) is 49.7 Å². The van der Waals surface area contributed by atoms with E-state index in [-0.39, 0.29) is 18.4 Å². The highest BCUT2D eigenvalue weighted by Gasteiger charge is 2.26. The fourth-order valence-electron chi connectivity index (χ4n) is 2.91. The van der Waals surface area contributed by atoms with Crippen molar-refractivity contribution >= 4 is 23.4 Å². The highest BCUT2D eigenvalue weighted by Crippen LogP contribution is 2.20. The van der Waals surface area contributed by atoms with Gasteiger partial charge < -0.3 is 15.0 Å². The topological polar surface area (TPSA) is 58.6 Å². The first-order chi connectivity index (χ1) is 14.2.